The SMILES string of the molecule is CC/C=C\C/C=C\C/C=C\CCCCCC(=O)OC(COC(=O)CCCCCCC/C=C\CCC)COC(=O)CCCCCCCCCCCCCCCCCCCCC. The highest BCUT2D eigenvalue weighted by Crippen LogP contribution is 2.16. The summed E-state index contributed by atoms with van der Waals surface area (Å²) in [6.07, 6.45) is 58.2. The predicted octanol–water partition coefficient (Wildman–Crippen LogP) is 16.7. The lowest BCUT2D eigenvalue weighted by molar-refractivity contribution is -0.167. The van der Waals surface area contributed by atoms with Crippen LogP contribution in [-0.2, 0) is 28.6 Å². The van der Waals surface area contributed by atoms with Crippen molar-refractivity contribution in [3.63, 3.8) is 0 Å². The van der Waals surface area contributed by atoms with E-state index in [2.05, 4.69) is 69.4 Å². The van der Waals surface area contributed by atoms with Crippen molar-refractivity contribution in [2.24, 2.45) is 0 Å². The molecule has 0 rings (SSSR count). The monoisotopic (exact) mass is 841 g/mol. The molecule has 60 heavy (non-hydrogen) atoms. The van der Waals surface area contributed by atoms with Crippen LogP contribution in [0, 0.1) is 0 Å². The van der Waals surface area contributed by atoms with Crippen molar-refractivity contribution < 1.29 is 28.6 Å². The van der Waals surface area contributed by atoms with Gasteiger partial charge in [0.25, 0.3) is 0 Å². The number of hydrogen-bond acceptors (Lipinski definition) is 6. The first-order chi connectivity index (χ1) is 29.5. The van der Waals surface area contributed by atoms with E-state index < -0.39 is 6.10 Å². The lowest BCUT2D eigenvalue weighted by Gasteiger charge is -2.18. The van der Waals surface area contributed by atoms with E-state index in [1.54, 1.807) is 0 Å². The molecule has 0 aliphatic rings. The zero-order chi connectivity index (χ0) is 43.7. The second-order valence-electron chi connectivity index (χ2n) is 17.1. The van der Waals surface area contributed by atoms with E-state index in [0.717, 1.165) is 96.3 Å². The van der Waals surface area contributed by atoms with E-state index in [-0.39, 0.29) is 31.1 Å². The lowest BCUT2D eigenvalue weighted by atomic mass is 10.0. The Balaban J connectivity index is 4.30. The van der Waals surface area contributed by atoms with Gasteiger partial charge in [0, 0.05) is 19.3 Å². The third-order valence-corrected chi connectivity index (χ3v) is 11.0. The van der Waals surface area contributed by atoms with Crippen LogP contribution < -0.4 is 0 Å². The summed E-state index contributed by atoms with van der Waals surface area (Å²) in [6, 6.07) is 0. The highest BCUT2D eigenvalue weighted by molar-refractivity contribution is 5.71. The van der Waals surface area contributed by atoms with Crippen LogP contribution >= 0.6 is 0 Å². The summed E-state index contributed by atoms with van der Waals surface area (Å²) < 4.78 is 16.7. The zero-order valence-electron chi connectivity index (χ0n) is 39.7. The maximum atomic E-state index is 12.7. The second-order valence-corrected chi connectivity index (χ2v) is 17.1. The quantitative estimate of drug-likeness (QED) is 0.0263. The van der Waals surface area contributed by atoms with Crippen molar-refractivity contribution in [1.82, 2.24) is 0 Å². The number of hydrogen-bond donors (Lipinski definition) is 0. The van der Waals surface area contributed by atoms with E-state index in [9.17, 15) is 14.4 Å². The van der Waals surface area contributed by atoms with Gasteiger partial charge in [-0.15, -0.1) is 0 Å². The van der Waals surface area contributed by atoms with Crippen LogP contribution in [0.3, 0.4) is 0 Å². The Morgan fingerprint density at radius 3 is 1.12 bits per heavy atom. The van der Waals surface area contributed by atoms with Crippen LogP contribution in [0.1, 0.15) is 258 Å². The van der Waals surface area contributed by atoms with Gasteiger partial charge in [0.05, 0.1) is 0 Å². The molecular formula is C54H96O6. The number of carbonyl (C=O) groups excluding carboxylic acids is 3. The summed E-state index contributed by atoms with van der Waals surface area (Å²) in [6.45, 7) is 6.45. The van der Waals surface area contributed by atoms with Gasteiger partial charge in [-0.1, -0.05) is 217 Å². The number of rotatable bonds is 46. The smallest absolute Gasteiger partial charge is 0.306 e. The van der Waals surface area contributed by atoms with Gasteiger partial charge in [0.15, 0.2) is 6.10 Å². The standard InChI is InChI=1S/C54H96O6/c1-4-7-10-13-16-19-22-24-25-26-27-28-29-31-32-35-38-41-44-47-53(56)59-50-51(49-58-52(55)46-43-40-37-34-21-18-15-12-9-6-3)60-54(57)48-45-42-39-36-33-30-23-20-17-14-11-8-5-2/h8,11-12,15,17,20,30,33,51H,4-7,9-10,13-14,16,18-19,21-29,31-32,34-50H2,1-3H3/b11-8-,15-12-,20-17-,33-30-. The number of unbranched alkanes of at least 4 members (excludes halogenated alkanes) is 27. The molecule has 0 N–H and O–H groups in total. The molecule has 6 heteroatoms. The van der Waals surface area contributed by atoms with E-state index >= 15 is 0 Å². The molecule has 0 aromatic carbocycles. The minimum atomic E-state index is -0.787. The topological polar surface area (TPSA) is 78.9 Å². The van der Waals surface area contributed by atoms with Gasteiger partial charge in [-0.05, 0) is 70.6 Å². The average molecular weight is 841 g/mol. The fourth-order valence-electron chi connectivity index (χ4n) is 7.22. The first-order valence-corrected chi connectivity index (χ1v) is 25.6. The van der Waals surface area contributed by atoms with Gasteiger partial charge in [0.1, 0.15) is 13.2 Å². The van der Waals surface area contributed by atoms with E-state index in [0.29, 0.717) is 19.3 Å². The minimum absolute atomic E-state index is 0.0855. The highest BCUT2D eigenvalue weighted by atomic mass is 16.6. The molecule has 0 radical (unpaired) electrons. The Morgan fingerprint density at radius 1 is 0.350 bits per heavy atom. The molecule has 0 spiro atoms. The lowest BCUT2D eigenvalue weighted by Crippen LogP contribution is -2.30. The molecule has 0 heterocycles. The molecular weight excluding hydrogens is 745 g/mol. The normalized spacial score (nSPS) is 12.4. The van der Waals surface area contributed by atoms with Crippen LogP contribution in [0.5, 0.6) is 0 Å². The molecule has 1 unspecified atom stereocenters. The van der Waals surface area contributed by atoms with Crippen LogP contribution in [0.4, 0.5) is 0 Å². The minimum Gasteiger partial charge on any atom is -0.462 e. The average Bonchev–Trinajstić information content (AvgIpc) is 3.24. The number of ether oxygens (including phenoxy) is 3. The molecule has 0 amide bonds. The van der Waals surface area contributed by atoms with Gasteiger partial charge in [-0.2, -0.15) is 0 Å². The van der Waals surface area contributed by atoms with Crippen LogP contribution in [-0.4, -0.2) is 37.2 Å². The third kappa shape index (κ3) is 46.4. The van der Waals surface area contributed by atoms with Crippen molar-refractivity contribution in [3.8, 4) is 0 Å². The fourth-order valence-corrected chi connectivity index (χ4v) is 7.22. The van der Waals surface area contributed by atoms with Crippen molar-refractivity contribution >= 4 is 17.9 Å². The van der Waals surface area contributed by atoms with Crippen LogP contribution in [0.15, 0.2) is 48.6 Å². The molecule has 0 aliphatic carbocycles. The molecule has 348 valence electrons. The maximum absolute atomic E-state index is 12.7. The molecule has 0 aromatic heterocycles. The summed E-state index contributed by atoms with van der Waals surface area (Å²) in [4.78, 5) is 37.9. The van der Waals surface area contributed by atoms with Crippen molar-refractivity contribution in [3.05, 3.63) is 48.6 Å². The van der Waals surface area contributed by atoms with Gasteiger partial charge in [-0.3, -0.25) is 14.4 Å². The van der Waals surface area contributed by atoms with Crippen molar-refractivity contribution in [2.45, 2.75) is 264 Å². The molecule has 0 saturated heterocycles. The molecule has 1 atom stereocenters. The number of allylic oxidation sites excluding steroid dienone is 8. The Morgan fingerprint density at radius 2 is 0.683 bits per heavy atom. The molecule has 6 nitrogen and oxygen atoms in total. The van der Waals surface area contributed by atoms with Gasteiger partial charge < -0.3 is 14.2 Å². The van der Waals surface area contributed by atoms with Crippen LogP contribution in [0.25, 0.3) is 0 Å². The van der Waals surface area contributed by atoms with Gasteiger partial charge in [-0.25, -0.2) is 0 Å². The first kappa shape index (κ1) is 57.4. The zero-order valence-corrected chi connectivity index (χ0v) is 39.7. The Labute approximate surface area is 371 Å². The highest BCUT2D eigenvalue weighted by Gasteiger charge is 2.19. The van der Waals surface area contributed by atoms with Gasteiger partial charge >= 0.3 is 17.9 Å². The molecule has 0 aliphatic heterocycles. The van der Waals surface area contributed by atoms with E-state index in [1.165, 1.54) is 122 Å². The Hall–Kier alpha value is -2.63. The van der Waals surface area contributed by atoms with Gasteiger partial charge in [0.2, 0.25) is 0 Å². The summed E-state index contributed by atoms with van der Waals surface area (Å²) in [5.74, 6) is -0.920. The van der Waals surface area contributed by atoms with Crippen molar-refractivity contribution in [1.29, 1.82) is 0 Å². The third-order valence-electron chi connectivity index (χ3n) is 11.0. The van der Waals surface area contributed by atoms with E-state index in [1.807, 2.05) is 0 Å². The largest absolute Gasteiger partial charge is 0.462 e. The van der Waals surface area contributed by atoms with E-state index in [4.69, 9.17) is 14.2 Å². The molecule has 0 saturated carbocycles. The Kier molecular flexibility index (Phi) is 46.9. The van der Waals surface area contributed by atoms with Crippen LogP contribution in [0.2, 0.25) is 0 Å². The van der Waals surface area contributed by atoms with Crippen molar-refractivity contribution in [2.75, 3.05) is 13.2 Å². The molecule has 0 fully saturated rings. The number of carbonyl (C=O) groups is 3. The maximum Gasteiger partial charge on any atom is 0.306 e. The summed E-state index contributed by atoms with van der Waals surface area (Å²) >= 11 is 0. The summed E-state index contributed by atoms with van der Waals surface area (Å²) in [7, 11) is 0. The first-order valence-electron chi connectivity index (χ1n) is 25.6. The fraction of sp³-hybridized carbons (Fsp3) is 0.796. The number of esters is 3. The molecule has 0 aromatic rings. The second kappa shape index (κ2) is 49.0. The molecule has 0 bridgehead atoms. The predicted molar refractivity (Wildman–Crippen MR) is 256 cm³/mol. The summed E-state index contributed by atoms with van der Waals surface area (Å²) in [5.41, 5.74) is 0. The summed E-state index contributed by atoms with van der Waals surface area (Å²) in [5, 5.41) is 0. The Bertz CT molecular complexity index is 1060.